The summed E-state index contributed by atoms with van der Waals surface area (Å²) in [5.74, 6) is 0. The molecule has 0 fully saturated rings. The number of allylic oxidation sites excluding steroid dienone is 9. The van der Waals surface area contributed by atoms with Crippen molar-refractivity contribution in [2.45, 2.75) is 34.1 Å². The van der Waals surface area contributed by atoms with Crippen LogP contribution in [0, 0.1) is 19.9 Å². The Labute approximate surface area is 212 Å². The van der Waals surface area contributed by atoms with Crippen molar-refractivity contribution in [3.8, 4) is 0 Å². The van der Waals surface area contributed by atoms with E-state index in [-0.39, 0.29) is 51.0 Å². The maximum atomic E-state index is 3.80. The normalized spacial score (nSPS) is 14.5. The minimum Gasteiger partial charge on any atom is -1.00 e. The van der Waals surface area contributed by atoms with Crippen molar-refractivity contribution in [3.63, 3.8) is 0 Å². The van der Waals surface area contributed by atoms with E-state index in [9.17, 15) is 0 Å². The fraction of sp³-hybridized carbons (Fsp3) is 0.185. The molecule has 0 saturated carbocycles. The van der Waals surface area contributed by atoms with Crippen LogP contribution in [0.1, 0.15) is 42.5 Å². The van der Waals surface area contributed by atoms with Crippen molar-refractivity contribution in [2.75, 3.05) is 0 Å². The average molecular weight is 512 g/mol. The summed E-state index contributed by atoms with van der Waals surface area (Å²) < 4.78 is 0. The van der Waals surface area contributed by atoms with Gasteiger partial charge in [0.2, 0.25) is 0 Å². The second-order valence-electron chi connectivity index (χ2n) is 7.45. The van der Waals surface area contributed by atoms with Gasteiger partial charge in [0.15, 0.2) is 0 Å². The molecule has 151 valence electrons. The minimum atomic E-state index is 0. The van der Waals surface area contributed by atoms with Gasteiger partial charge >= 0.3 is 26.2 Å². The van der Waals surface area contributed by atoms with E-state index in [0.29, 0.717) is 0 Å². The van der Waals surface area contributed by atoms with Gasteiger partial charge in [-0.1, -0.05) is 97.3 Å². The minimum absolute atomic E-state index is 0. The molecule has 0 unspecified atom stereocenters. The molecule has 0 amide bonds. The molecule has 0 saturated heterocycles. The maximum absolute atomic E-state index is 3.80. The number of hydrogen-bond donors (Lipinski definition) is 0. The molecule has 4 rings (SSSR count). The second kappa shape index (κ2) is 11.3. The standard InChI is InChI=1S/C27H25.2ClH.Zr/c1-18-11-5-9-15-23(18)27(24-16-10-6-12-19(24)2)26-17-25(20(3)21(26)4)22-13-7-8-14-22;;;/h5-13,15-16H,14H2,1-4H3;2*1H;/q-1;;;+3/p-2. The van der Waals surface area contributed by atoms with Gasteiger partial charge in [0, 0.05) is 0 Å². The van der Waals surface area contributed by atoms with Crippen molar-refractivity contribution in [1.82, 2.24) is 0 Å². The van der Waals surface area contributed by atoms with Crippen LogP contribution in [0.15, 0.2) is 94.6 Å². The Morgan fingerprint density at radius 1 is 0.767 bits per heavy atom. The number of benzene rings is 2. The Kier molecular flexibility index (Phi) is 10.0. The van der Waals surface area contributed by atoms with E-state index in [1.165, 1.54) is 55.7 Å². The van der Waals surface area contributed by atoms with Crippen molar-refractivity contribution in [1.29, 1.82) is 0 Å². The Bertz CT molecular complexity index is 1030. The molecule has 30 heavy (non-hydrogen) atoms. The molecule has 0 bridgehead atoms. The smallest absolute Gasteiger partial charge is 1.00 e. The maximum Gasteiger partial charge on any atom is 3.00 e. The van der Waals surface area contributed by atoms with Crippen LogP contribution in [0.25, 0.3) is 5.57 Å². The quantitative estimate of drug-likeness (QED) is 0.542. The number of aryl methyl sites for hydroxylation is 2. The number of halogens is 2. The van der Waals surface area contributed by atoms with Gasteiger partial charge in [0.1, 0.15) is 0 Å². The average Bonchev–Trinajstić information content (AvgIpc) is 3.29. The van der Waals surface area contributed by atoms with E-state index in [2.05, 4.69) is 101 Å². The van der Waals surface area contributed by atoms with Crippen molar-refractivity contribution in [2.24, 2.45) is 0 Å². The third kappa shape index (κ3) is 4.91. The summed E-state index contributed by atoms with van der Waals surface area (Å²) in [6.45, 7) is 8.87. The summed E-state index contributed by atoms with van der Waals surface area (Å²) in [6, 6.07) is 17.4. The summed E-state index contributed by atoms with van der Waals surface area (Å²) in [4.78, 5) is 0. The van der Waals surface area contributed by atoms with Crippen LogP contribution in [0.5, 0.6) is 0 Å². The van der Waals surface area contributed by atoms with Gasteiger partial charge < -0.3 is 24.8 Å². The number of rotatable bonds is 3. The van der Waals surface area contributed by atoms with Crippen molar-refractivity contribution >= 4 is 5.57 Å². The van der Waals surface area contributed by atoms with Gasteiger partial charge in [-0.2, -0.15) is 0 Å². The third-order valence-electron chi connectivity index (χ3n) is 5.73. The Morgan fingerprint density at radius 3 is 1.77 bits per heavy atom. The van der Waals surface area contributed by atoms with Crippen LogP contribution in [-0.2, 0) is 26.2 Å². The number of hydrogen-bond acceptors (Lipinski definition) is 0. The monoisotopic (exact) mass is 509 g/mol. The summed E-state index contributed by atoms with van der Waals surface area (Å²) in [6.07, 6.45) is 11.4. The summed E-state index contributed by atoms with van der Waals surface area (Å²) >= 11 is 0. The zero-order valence-electron chi connectivity index (χ0n) is 17.8. The van der Waals surface area contributed by atoms with Gasteiger partial charge in [0.25, 0.3) is 0 Å². The molecule has 2 aromatic carbocycles. The Balaban J connectivity index is 0.00000150. The van der Waals surface area contributed by atoms with Gasteiger partial charge in [-0.15, -0.1) is 33.9 Å². The van der Waals surface area contributed by atoms with Crippen molar-refractivity contribution < 1.29 is 51.0 Å². The molecule has 0 heterocycles. The van der Waals surface area contributed by atoms with Crippen LogP contribution < -0.4 is 24.8 Å². The van der Waals surface area contributed by atoms with Crippen LogP contribution in [0.3, 0.4) is 0 Å². The molecule has 0 aromatic heterocycles. The molecule has 0 aliphatic heterocycles. The molecule has 0 N–H and O–H groups in total. The SMILES string of the molecule is CC1=C(C)C(=C(c2ccccc2C)c2ccccc2C)[C-]=C1C1=CC=CC1.[Cl-].[Cl-].[Zr+3]. The molecular weight excluding hydrogens is 486 g/mol. The third-order valence-corrected chi connectivity index (χ3v) is 5.73. The van der Waals surface area contributed by atoms with Crippen LogP contribution in [0.2, 0.25) is 0 Å². The molecule has 3 heteroatoms. The Hall–Kier alpha value is -1.40. The molecule has 0 atom stereocenters. The Morgan fingerprint density at radius 2 is 1.30 bits per heavy atom. The molecule has 0 spiro atoms. The molecular formula is C27H25Cl2Zr. The zero-order valence-corrected chi connectivity index (χ0v) is 21.8. The van der Waals surface area contributed by atoms with Crippen molar-refractivity contribution in [3.05, 3.63) is 123 Å². The molecule has 2 aromatic rings. The molecule has 0 nitrogen and oxygen atoms in total. The van der Waals surface area contributed by atoms with Crippen LogP contribution in [0.4, 0.5) is 0 Å². The predicted octanol–water partition coefficient (Wildman–Crippen LogP) is 1.08. The van der Waals surface area contributed by atoms with E-state index >= 15 is 0 Å². The molecule has 1 radical (unpaired) electrons. The molecule has 2 aliphatic carbocycles. The first-order chi connectivity index (χ1) is 13.1. The zero-order chi connectivity index (χ0) is 19.0. The van der Waals surface area contributed by atoms with Gasteiger partial charge in [0.05, 0.1) is 0 Å². The van der Waals surface area contributed by atoms with Gasteiger partial charge in [-0.05, 0) is 31.4 Å². The second-order valence-corrected chi connectivity index (χ2v) is 7.45. The molecule has 2 aliphatic rings. The topological polar surface area (TPSA) is 0 Å². The van der Waals surface area contributed by atoms with Crippen LogP contribution >= 0.6 is 0 Å². The first kappa shape index (κ1) is 26.6. The van der Waals surface area contributed by atoms with Crippen LogP contribution in [-0.4, -0.2) is 0 Å². The fourth-order valence-corrected chi connectivity index (χ4v) is 4.01. The van der Waals surface area contributed by atoms with E-state index in [1.54, 1.807) is 0 Å². The van der Waals surface area contributed by atoms with E-state index in [4.69, 9.17) is 0 Å². The first-order valence-electron chi connectivity index (χ1n) is 9.62. The summed E-state index contributed by atoms with van der Waals surface area (Å²) in [5, 5.41) is 0. The fourth-order valence-electron chi connectivity index (χ4n) is 4.01. The van der Waals surface area contributed by atoms with E-state index in [1.807, 2.05) is 0 Å². The van der Waals surface area contributed by atoms with Gasteiger partial charge in [-0.25, -0.2) is 0 Å². The summed E-state index contributed by atoms with van der Waals surface area (Å²) in [7, 11) is 0. The first-order valence-corrected chi connectivity index (χ1v) is 9.62. The largest absolute Gasteiger partial charge is 3.00 e. The predicted molar refractivity (Wildman–Crippen MR) is 115 cm³/mol. The summed E-state index contributed by atoms with van der Waals surface area (Å²) in [5.41, 5.74) is 13.0. The van der Waals surface area contributed by atoms with E-state index < -0.39 is 0 Å². The van der Waals surface area contributed by atoms with E-state index in [0.717, 1.165) is 6.42 Å². The van der Waals surface area contributed by atoms with Gasteiger partial charge in [-0.3, -0.25) is 0 Å².